The van der Waals surface area contributed by atoms with E-state index in [0.29, 0.717) is 13.1 Å². The molecule has 0 aliphatic carbocycles. The average molecular weight is 482 g/mol. The molecule has 4 heterocycles. The van der Waals surface area contributed by atoms with Crippen molar-refractivity contribution in [1.82, 2.24) is 9.80 Å². The molecule has 34 heavy (non-hydrogen) atoms. The summed E-state index contributed by atoms with van der Waals surface area (Å²) in [6.45, 7) is 6.36. The number of carbonyl (C=O) groups excluding carboxylic acids is 3. The van der Waals surface area contributed by atoms with Crippen LogP contribution in [0.4, 0.5) is 5.69 Å². The van der Waals surface area contributed by atoms with E-state index in [4.69, 9.17) is 0 Å². The van der Waals surface area contributed by atoms with E-state index < -0.39 is 28.7 Å². The van der Waals surface area contributed by atoms with E-state index in [1.54, 1.807) is 33.4 Å². The second-order valence-electron chi connectivity index (χ2n) is 9.82. The summed E-state index contributed by atoms with van der Waals surface area (Å²) in [5.41, 5.74) is 0.796. The van der Waals surface area contributed by atoms with Crippen molar-refractivity contribution in [3.05, 3.63) is 54.6 Å². The molecule has 0 saturated carbocycles. The summed E-state index contributed by atoms with van der Waals surface area (Å²) in [6.07, 6.45) is 8.03. The number of rotatable bonds is 4. The minimum Gasteiger partial charge on any atom is -0.394 e. The molecule has 4 aliphatic rings. The lowest BCUT2D eigenvalue weighted by Crippen LogP contribution is -2.57. The van der Waals surface area contributed by atoms with Crippen molar-refractivity contribution in [3.8, 4) is 0 Å². The van der Waals surface area contributed by atoms with E-state index in [1.807, 2.05) is 68.5 Å². The number of aliphatic hydroxyl groups excluding tert-OH is 1. The Morgan fingerprint density at radius 3 is 2.44 bits per heavy atom. The Hall–Kier alpha value is -2.58. The van der Waals surface area contributed by atoms with E-state index in [1.165, 1.54) is 0 Å². The number of hydrogen-bond donors (Lipinski definition) is 1. The number of aliphatic hydroxyl groups is 1. The summed E-state index contributed by atoms with van der Waals surface area (Å²) >= 11 is 1.56. The van der Waals surface area contributed by atoms with Gasteiger partial charge in [-0.3, -0.25) is 14.4 Å². The summed E-state index contributed by atoms with van der Waals surface area (Å²) in [7, 11) is 0. The fourth-order valence-corrected chi connectivity index (χ4v) is 7.95. The molecule has 1 N–H and O–H groups in total. The SMILES string of the molecule is CC(C)N1CC=C[C@]23S[C@H]4C=CCN(c5ccccc5)C(=O)[C@H]4[C@H]2C(=O)N([C@H](C)CO)C3C1=O. The van der Waals surface area contributed by atoms with Crippen LogP contribution in [0.25, 0.3) is 0 Å². The molecule has 3 amide bonds. The van der Waals surface area contributed by atoms with E-state index in [2.05, 4.69) is 0 Å². The third-order valence-corrected chi connectivity index (χ3v) is 9.30. The zero-order chi connectivity index (χ0) is 24.2. The summed E-state index contributed by atoms with van der Waals surface area (Å²) in [6, 6.07) is 8.20. The van der Waals surface area contributed by atoms with Gasteiger partial charge in [-0.15, -0.1) is 11.8 Å². The lowest BCUT2D eigenvalue weighted by molar-refractivity contribution is -0.146. The van der Waals surface area contributed by atoms with Crippen LogP contribution in [0.1, 0.15) is 20.8 Å². The standard InChI is InChI=1S/C26H31N3O4S/c1-16(2)27-14-8-12-26-21(24(32)29(17(3)15-30)22(26)25(27)33)20-19(34-26)11-7-13-28(23(20)31)18-9-5-4-6-10-18/h4-12,16-17,19-22,30H,13-15H2,1-3H3/t17-,19+,20-,21+,22?,26+/m1/s1. The molecule has 1 unspecified atom stereocenters. The minimum atomic E-state index is -0.851. The van der Waals surface area contributed by atoms with Crippen LogP contribution in [0.2, 0.25) is 0 Å². The molecule has 2 saturated heterocycles. The van der Waals surface area contributed by atoms with E-state index in [9.17, 15) is 19.5 Å². The van der Waals surface area contributed by atoms with Crippen molar-refractivity contribution >= 4 is 35.2 Å². The first kappa shape index (κ1) is 23.2. The molecule has 1 aromatic rings. The van der Waals surface area contributed by atoms with Gasteiger partial charge in [-0.1, -0.05) is 42.5 Å². The smallest absolute Gasteiger partial charge is 0.247 e. The molecule has 0 aromatic heterocycles. The third-order valence-electron chi connectivity index (χ3n) is 7.56. The van der Waals surface area contributed by atoms with Gasteiger partial charge in [0.25, 0.3) is 0 Å². The van der Waals surface area contributed by atoms with Crippen LogP contribution in [0.15, 0.2) is 54.6 Å². The largest absolute Gasteiger partial charge is 0.394 e. The molecule has 1 spiro atoms. The second-order valence-corrected chi connectivity index (χ2v) is 11.3. The Balaban J connectivity index is 1.63. The lowest BCUT2D eigenvalue weighted by atomic mass is 9.78. The number of benzene rings is 1. The zero-order valence-corrected chi connectivity index (χ0v) is 20.5. The van der Waals surface area contributed by atoms with Gasteiger partial charge in [0.15, 0.2) is 0 Å². The Morgan fingerprint density at radius 2 is 1.76 bits per heavy atom. The quantitative estimate of drug-likeness (QED) is 0.666. The minimum absolute atomic E-state index is 0.0280. The van der Waals surface area contributed by atoms with Gasteiger partial charge in [0.1, 0.15) is 6.04 Å². The average Bonchev–Trinajstić information content (AvgIpc) is 3.14. The van der Waals surface area contributed by atoms with Gasteiger partial charge in [-0.25, -0.2) is 0 Å². The first-order valence-corrected chi connectivity index (χ1v) is 12.8. The summed E-state index contributed by atoms with van der Waals surface area (Å²) < 4.78 is -0.851. The zero-order valence-electron chi connectivity index (χ0n) is 19.7. The van der Waals surface area contributed by atoms with Gasteiger partial charge >= 0.3 is 0 Å². The van der Waals surface area contributed by atoms with Gasteiger partial charge < -0.3 is 19.8 Å². The summed E-state index contributed by atoms with van der Waals surface area (Å²) in [4.78, 5) is 47.0. The van der Waals surface area contributed by atoms with Crippen LogP contribution in [-0.4, -0.2) is 80.4 Å². The van der Waals surface area contributed by atoms with Crippen molar-refractivity contribution in [2.24, 2.45) is 11.8 Å². The van der Waals surface area contributed by atoms with Gasteiger partial charge in [0.2, 0.25) is 17.7 Å². The number of para-hydroxylation sites is 1. The van der Waals surface area contributed by atoms with Gasteiger partial charge in [0, 0.05) is 30.1 Å². The van der Waals surface area contributed by atoms with Crippen molar-refractivity contribution in [1.29, 1.82) is 0 Å². The summed E-state index contributed by atoms with van der Waals surface area (Å²) in [5, 5.41) is 9.78. The predicted octanol–water partition coefficient (Wildman–Crippen LogP) is 2.07. The number of likely N-dealkylation sites (tertiary alicyclic amines) is 1. The highest BCUT2D eigenvalue weighted by atomic mass is 32.2. The van der Waals surface area contributed by atoms with Crippen LogP contribution in [-0.2, 0) is 14.4 Å². The highest BCUT2D eigenvalue weighted by molar-refractivity contribution is 8.02. The number of nitrogens with zero attached hydrogens (tertiary/aromatic N) is 3. The number of amides is 3. The molecule has 0 bridgehead atoms. The van der Waals surface area contributed by atoms with Crippen molar-refractivity contribution < 1.29 is 19.5 Å². The molecular formula is C26H31N3O4S. The predicted molar refractivity (Wildman–Crippen MR) is 132 cm³/mol. The van der Waals surface area contributed by atoms with Crippen molar-refractivity contribution in [2.45, 2.75) is 48.9 Å². The topological polar surface area (TPSA) is 81.2 Å². The molecule has 8 heteroatoms. The van der Waals surface area contributed by atoms with Crippen molar-refractivity contribution in [3.63, 3.8) is 0 Å². The van der Waals surface area contributed by atoms with Crippen LogP contribution in [0.5, 0.6) is 0 Å². The fourth-order valence-electron chi connectivity index (χ4n) is 5.96. The number of fused-ring (bicyclic) bond motifs is 2. The number of thioether (sulfide) groups is 1. The Morgan fingerprint density at radius 1 is 1.03 bits per heavy atom. The number of carbonyl (C=O) groups is 3. The normalized spacial score (nSPS) is 33.7. The first-order chi connectivity index (χ1) is 16.3. The number of hydrogen-bond acceptors (Lipinski definition) is 5. The highest BCUT2D eigenvalue weighted by Gasteiger charge is 2.71. The summed E-state index contributed by atoms with van der Waals surface area (Å²) in [5.74, 6) is -1.68. The van der Waals surface area contributed by atoms with E-state index >= 15 is 0 Å². The first-order valence-electron chi connectivity index (χ1n) is 11.9. The van der Waals surface area contributed by atoms with Crippen LogP contribution < -0.4 is 4.90 Å². The maximum Gasteiger partial charge on any atom is 0.247 e. The molecule has 180 valence electrons. The van der Waals surface area contributed by atoms with Crippen LogP contribution >= 0.6 is 11.8 Å². The molecule has 4 aliphatic heterocycles. The molecule has 5 rings (SSSR count). The van der Waals surface area contributed by atoms with E-state index in [0.717, 1.165) is 5.69 Å². The maximum atomic E-state index is 14.0. The molecule has 1 aromatic carbocycles. The van der Waals surface area contributed by atoms with Gasteiger partial charge in [-0.05, 0) is 32.9 Å². The fraction of sp³-hybridized carbons (Fsp3) is 0.500. The number of anilines is 1. The Labute approximate surface area is 204 Å². The molecule has 6 atom stereocenters. The van der Waals surface area contributed by atoms with Crippen molar-refractivity contribution in [2.75, 3.05) is 24.6 Å². The van der Waals surface area contributed by atoms with Crippen LogP contribution in [0.3, 0.4) is 0 Å². The second kappa shape index (κ2) is 8.57. The molecule has 0 radical (unpaired) electrons. The lowest BCUT2D eigenvalue weighted by Gasteiger charge is -2.38. The molecule has 2 fully saturated rings. The monoisotopic (exact) mass is 481 g/mol. The Bertz CT molecular complexity index is 1060. The van der Waals surface area contributed by atoms with Gasteiger partial charge in [-0.2, -0.15) is 0 Å². The molecular weight excluding hydrogens is 450 g/mol. The highest BCUT2D eigenvalue weighted by Crippen LogP contribution is 2.61. The maximum absolute atomic E-state index is 14.0. The van der Waals surface area contributed by atoms with Crippen LogP contribution in [0, 0.1) is 11.8 Å². The third kappa shape index (κ3) is 3.26. The molecule has 7 nitrogen and oxygen atoms in total. The van der Waals surface area contributed by atoms with Gasteiger partial charge in [0.05, 0.1) is 29.2 Å². The Kier molecular flexibility index (Phi) is 5.84. The van der Waals surface area contributed by atoms with E-state index in [-0.39, 0.29) is 35.6 Å².